The highest BCUT2D eigenvalue weighted by atomic mass is 16.4. The molecule has 0 aliphatic carbocycles. The summed E-state index contributed by atoms with van der Waals surface area (Å²) in [5.74, 6) is 0.569. The molecule has 2 rings (SSSR count). The maximum atomic E-state index is 5.18. The van der Waals surface area contributed by atoms with E-state index >= 15 is 0 Å². The van der Waals surface area contributed by atoms with Crippen molar-refractivity contribution in [2.24, 2.45) is 7.05 Å². The number of nitrogens with one attached hydrogen (secondary N) is 1. The lowest BCUT2D eigenvalue weighted by Crippen LogP contribution is -2.03. The summed E-state index contributed by atoms with van der Waals surface area (Å²) in [6, 6.07) is 4.50. The third kappa shape index (κ3) is 1.76. The second-order valence-electron chi connectivity index (χ2n) is 3.09. The van der Waals surface area contributed by atoms with Gasteiger partial charge in [0.2, 0.25) is 5.89 Å². The fraction of sp³-hybridized carbons (Fsp3) is 0.333. The average Bonchev–Trinajstić information content (AvgIpc) is 2.72. The van der Waals surface area contributed by atoms with E-state index in [1.54, 1.807) is 6.92 Å². The number of aromatic nitrogens is 3. The normalized spacial score (nSPS) is 10.4. The molecule has 0 aromatic carbocycles. The smallest absolute Gasteiger partial charge is 0.315 e. The summed E-state index contributed by atoms with van der Waals surface area (Å²) in [4.78, 5) is 0. The second-order valence-corrected chi connectivity index (χ2v) is 3.09. The molecule has 0 aliphatic rings. The van der Waals surface area contributed by atoms with Gasteiger partial charge in [0.1, 0.15) is 0 Å². The van der Waals surface area contributed by atoms with Crippen molar-refractivity contribution in [2.75, 3.05) is 5.32 Å². The van der Waals surface area contributed by atoms with Crippen LogP contribution in [0.5, 0.6) is 0 Å². The summed E-state index contributed by atoms with van der Waals surface area (Å²) in [5.41, 5.74) is 1.17. The van der Waals surface area contributed by atoms with E-state index in [1.807, 2.05) is 29.9 Å². The molecule has 74 valence electrons. The predicted molar refractivity (Wildman–Crippen MR) is 51.8 cm³/mol. The van der Waals surface area contributed by atoms with Crippen molar-refractivity contribution >= 4 is 6.01 Å². The van der Waals surface area contributed by atoms with Crippen molar-refractivity contribution in [2.45, 2.75) is 13.5 Å². The van der Waals surface area contributed by atoms with Crippen LogP contribution in [0.3, 0.4) is 0 Å². The van der Waals surface area contributed by atoms with Crippen LogP contribution < -0.4 is 5.32 Å². The minimum absolute atomic E-state index is 0.462. The average molecular weight is 192 g/mol. The van der Waals surface area contributed by atoms with Crippen molar-refractivity contribution in [1.29, 1.82) is 0 Å². The number of hydrogen-bond acceptors (Lipinski definition) is 4. The highest BCUT2D eigenvalue weighted by molar-refractivity contribution is 5.20. The zero-order valence-corrected chi connectivity index (χ0v) is 8.19. The third-order valence-electron chi connectivity index (χ3n) is 2.00. The molecule has 1 N–H and O–H groups in total. The van der Waals surface area contributed by atoms with Crippen LogP contribution in [0.2, 0.25) is 0 Å². The Kier molecular flexibility index (Phi) is 2.22. The van der Waals surface area contributed by atoms with E-state index in [-0.39, 0.29) is 0 Å². The van der Waals surface area contributed by atoms with E-state index in [2.05, 4.69) is 15.5 Å². The van der Waals surface area contributed by atoms with E-state index in [1.165, 1.54) is 5.69 Å². The minimum atomic E-state index is 0.462. The van der Waals surface area contributed by atoms with Crippen molar-refractivity contribution in [3.63, 3.8) is 0 Å². The van der Waals surface area contributed by atoms with Gasteiger partial charge in [-0.25, -0.2) is 0 Å². The molecule has 0 aliphatic heterocycles. The molecule has 0 amide bonds. The Morgan fingerprint density at radius 1 is 1.50 bits per heavy atom. The van der Waals surface area contributed by atoms with E-state index in [4.69, 9.17) is 4.42 Å². The van der Waals surface area contributed by atoms with E-state index in [0.29, 0.717) is 18.5 Å². The Hall–Kier alpha value is -1.78. The SMILES string of the molecule is Cc1nnc(NCc2cccn2C)o1. The lowest BCUT2D eigenvalue weighted by molar-refractivity contribution is 0.530. The van der Waals surface area contributed by atoms with E-state index in [0.717, 1.165) is 0 Å². The van der Waals surface area contributed by atoms with Gasteiger partial charge in [-0.2, -0.15) is 0 Å². The van der Waals surface area contributed by atoms with Crippen molar-refractivity contribution in [3.05, 3.63) is 29.9 Å². The molecular weight excluding hydrogens is 180 g/mol. The lowest BCUT2D eigenvalue weighted by Gasteiger charge is -2.02. The minimum Gasteiger partial charge on any atom is -0.408 e. The molecule has 0 radical (unpaired) electrons. The Bertz CT molecular complexity index is 418. The van der Waals surface area contributed by atoms with Gasteiger partial charge in [0, 0.05) is 25.9 Å². The van der Waals surface area contributed by atoms with Crippen molar-refractivity contribution in [1.82, 2.24) is 14.8 Å². The Morgan fingerprint density at radius 2 is 2.36 bits per heavy atom. The molecule has 0 saturated heterocycles. The van der Waals surface area contributed by atoms with Crippen molar-refractivity contribution in [3.8, 4) is 0 Å². The van der Waals surface area contributed by atoms with Crippen LogP contribution in [-0.2, 0) is 13.6 Å². The van der Waals surface area contributed by atoms with E-state index < -0.39 is 0 Å². The van der Waals surface area contributed by atoms with Gasteiger partial charge in [-0.05, 0) is 12.1 Å². The first-order valence-corrected chi connectivity index (χ1v) is 4.40. The summed E-state index contributed by atoms with van der Waals surface area (Å²) in [5, 5.41) is 10.6. The molecule has 0 fully saturated rings. The van der Waals surface area contributed by atoms with Crippen LogP contribution in [0.15, 0.2) is 22.7 Å². The molecule has 2 aromatic rings. The molecule has 5 heteroatoms. The van der Waals surface area contributed by atoms with Crippen LogP contribution in [0.4, 0.5) is 6.01 Å². The predicted octanol–water partition coefficient (Wildman–Crippen LogP) is 1.33. The largest absolute Gasteiger partial charge is 0.408 e. The monoisotopic (exact) mass is 192 g/mol. The summed E-state index contributed by atoms with van der Waals surface area (Å²) >= 11 is 0. The standard InChI is InChI=1S/C9H12N4O/c1-7-11-12-9(14-7)10-6-8-4-3-5-13(8)2/h3-5H,6H2,1-2H3,(H,10,12). The topological polar surface area (TPSA) is 55.9 Å². The highest BCUT2D eigenvalue weighted by Gasteiger charge is 2.02. The van der Waals surface area contributed by atoms with Gasteiger partial charge in [0.05, 0.1) is 6.54 Å². The number of aryl methyl sites for hydroxylation is 2. The quantitative estimate of drug-likeness (QED) is 0.797. The first-order valence-electron chi connectivity index (χ1n) is 4.40. The first kappa shape index (κ1) is 8.80. The molecule has 0 atom stereocenters. The fourth-order valence-corrected chi connectivity index (χ4v) is 1.21. The summed E-state index contributed by atoms with van der Waals surface area (Å²) in [7, 11) is 2.00. The Morgan fingerprint density at radius 3 is 2.93 bits per heavy atom. The molecule has 0 saturated carbocycles. The van der Waals surface area contributed by atoms with Gasteiger partial charge in [-0.3, -0.25) is 0 Å². The molecule has 0 bridgehead atoms. The third-order valence-corrected chi connectivity index (χ3v) is 2.00. The summed E-state index contributed by atoms with van der Waals surface area (Å²) in [6.07, 6.45) is 2.00. The van der Waals surface area contributed by atoms with E-state index in [9.17, 15) is 0 Å². The van der Waals surface area contributed by atoms with Gasteiger partial charge in [0.15, 0.2) is 0 Å². The maximum Gasteiger partial charge on any atom is 0.315 e. The van der Waals surface area contributed by atoms with Gasteiger partial charge in [-0.1, -0.05) is 5.10 Å². The van der Waals surface area contributed by atoms with Crippen LogP contribution in [0.1, 0.15) is 11.6 Å². The van der Waals surface area contributed by atoms with Gasteiger partial charge < -0.3 is 14.3 Å². The zero-order valence-electron chi connectivity index (χ0n) is 8.19. The van der Waals surface area contributed by atoms with Gasteiger partial charge in [0.25, 0.3) is 0 Å². The zero-order chi connectivity index (χ0) is 9.97. The lowest BCUT2D eigenvalue weighted by atomic mass is 10.4. The molecule has 5 nitrogen and oxygen atoms in total. The number of anilines is 1. The second kappa shape index (κ2) is 3.53. The first-order chi connectivity index (χ1) is 6.75. The Labute approximate surface area is 81.8 Å². The summed E-state index contributed by atoms with van der Waals surface area (Å²) in [6.45, 7) is 2.45. The number of rotatable bonds is 3. The van der Waals surface area contributed by atoms with Gasteiger partial charge in [-0.15, -0.1) is 5.10 Å². The molecular formula is C9H12N4O. The molecule has 2 aromatic heterocycles. The van der Waals surface area contributed by atoms with Crippen LogP contribution in [0, 0.1) is 6.92 Å². The fourth-order valence-electron chi connectivity index (χ4n) is 1.21. The number of hydrogen-bond donors (Lipinski definition) is 1. The molecule has 2 heterocycles. The van der Waals surface area contributed by atoms with Crippen LogP contribution in [-0.4, -0.2) is 14.8 Å². The number of nitrogens with zero attached hydrogens (tertiary/aromatic N) is 3. The molecule has 0 spiro atoms. The van der Waals surface area contributed by atoms with Crippen LogP contribution in [0.25, 0.3) is 0 Å². The van der Waals surface area contributed by atoms with Crippen LogP contribution >= 0.6 is 0 Å². The Balaban J connectivity index is 1.98. The van der Waals surface area contributed by atoms with Crippen molar-refractivity contribution < 1.29 is 4.42 Å². The summed E-state index contributed by atoms with van der Waals surface area (Å²) < 4.78 is 7.22. The highest BCUT2D eigenvalue weighted by Crippen LogP contribution is 2.06. The van der Waals surface area contributed by atoms with Gasteiger partial charge >= 0.3 is 6.01 Å². The maximum absolute atomic E-state index is 5.18. The molecule has 0 unspecified atom stereocenters. The molecule has 14 heavy (non-hydrogen) atoms.